The Balaban J connectivity index is 1.45. The molecule has 0 aliphatic carbocycles. The molecule has 2 aliphatic rings. The maximum absolute atomic E-state index is 13.0. The van der Waals surface area contributed by atoms with Crippen molar-refractivity contribution in [3.05, 3.63) is 64.3 Å². The molecule has 0 spiro atoms. The molecule has 0 saturated carbocycles. The van der Waals surface area contributed by atoms with Crippen molar-refractivity contribution in [2.75, 3.05) is 50.1 Å². The first-order valence-electron chi connectivity index (χ1n) is 15.5. The highest BCUT2D eigenvalue weighted by Gasteiger charge is 2.21. The van der Waals surface area contributed by atoms with Crippen LogP contribution in [0.3, 0.4) is 0 Å². The number of carbonyl (C=O) groups is 1. The van der Waals surface area contributed by atoms with Gasteiger partial charge in [-0.2, -0.15) is 5.26 Å². The number of nitriles is 1. The van der Waals surface area contributed by atoms with Crippen LogP contribution < -0.4 is 21.1 Å². The molecule has 10 heteroatoms. The van der Waals surface area contributed by atoms with Gasteiger partial charge in [0.15, 0.2) is 0 Å². The first-order valence-corrected chi connectivity index (χ1v) is 15.9. The summed E-state index contributed by atoms with van der Waals surface area (Å²) < 4.78 is 11.4. The number of anilines is 3. The van der Waals surface area contributed by atoms with Gasteiger partial charge in [-0.3, -0.25) is 14.7 Å². The van der Waals surface area contributed by atoms with Crippen LogP contribution in [-0.4, -0.2) is 61.3 Å². The van der Waals surface area contributed by atoms with E-state index in [-0.39, 0.29) is 11.9 Å². The van der Waals surface area contributed by atoms with Gasteiger partial charge in [0.25, 0.3) is 0 Å². The van der Waals surface area contributed by atoms with Crippen molar-refractivity contribution in [1.29, 1.82) is 5.26 Å². The zero-order valence-electron chi connectivity index (χ0n) is 25.5. The monoisotopic (exact) mass is 616 g/mol. The third kappa shape index (κ3) is 7.51. The zero-order valence-corrected chi connectivity index (χ0v) is 26.3. The number of hydrogen-bond acceptors (Lipinski definition) is 8. The van der Waals surface area contributed by atoms with E-state index in [0.717, 1.165) is 63.2 Å². The number of amides is 1. The van der Waals surface area contributed by atoms with Gasteiger partial charge in [0.1, 0.15) is 11.8 Å². The molecular weight excluding hydrogens is 576 g/mol. The van der Waals surface area contributed by atoms with E-state index in [4.69, 9.17) is 31.8 Å². The minimum atomic E-state index is -0.261. The van der Waals surface area contributed by atoms with Crippen molar-refractivity contribution in [3.8, 4) is 11.8 Å². The van der Waals surface area contributed by atoms with Crippen molar-refractivity contribution in [2.24, 2.45) is 5.73 Å². The second kappa shape index (κ2) is 14.9. The molecule has 9 nitrogen and oxygen atoms in total. The van der Waals surface area contributed by atoms with Crippen molar-refractivity contribution in [3.63, 3.8) is 0 Å². The highest BCUT2D eigenvalue weighted by Crippen LogP contribution is 2.39. The second-order valence-corrected chi connectivity index (χ2v) is 11.8. The van der Waals surface area contributed by atoms with Crippen LogP contribution in [0.4, 0.5) is 17.1 Å². The van der Waals surface area contributed by atoms with Crippen LogP contribution >= 0.6 is 11.6 Å². The molecule has 0 unspecified atom stereocenters. The number of piperidine rings is 1. The molecule has 0 radical (unpaired) electrons. The second-order valence-electron chi connectivity index (χ2n) is 11.3. The van der Waals surface area contributed by atoms with Crippen LogP contribution in [0.2, 0.25) is 5.02 Å². The van der Waals surface area contributed by atoms with Crippen molar-refractivity contribution >= 4 is 45.5 Å². The normalized spacial score (nSPS) is 16.7. The molecule has 2 saturated heterocycles. The number of benzene rings is 2. The lowest BCUT2D eigenvalue weighted by Crippen LogP contribution is -2.39. The van der Waals surface area contributed by atoms with Gasteiger partial charge < -0.3 is 25.8 Å². The van der Waals surface area contributed by atoms with Gasteiger partial charge in [-0.15, -0.1) is 0 Å². The number of ether oxygens (including phenoxy) is 2. The Kier molecular flexibility index (Phi) is 10.7. The molecule has 2 aromatic carbocycles. The molecule has 44 heavy (non-hydrogen) atoms. The van der Waals surface area contributed by atoms with Gasteiger partial charge in [0.2, 0.25) is 5.91 Å². The number of carbonyl (C=O) groups excluding carboxylic acids is 1. The lowest BCUT2D eigenvalue weighted by atomic mass is 9.91. The van der Waals surface area contributed by atoms with Gasteiger partial charge in [-0.1, -0.05) is 30.7 Å². The average Bonchev–Trinajstić information content (AvgIpc) is 3.03. The Labute approximate surface area is 264 Å². The van der Waals surface area contributed by atoms with Gasteiger partial charge in [-0.25, -0.2) is 0 Å². The van der Waals surface area contributed by atoms with Gasteiger partial charge in [0, 0.05) is 54.0 Å². The fourth-order valence-electron chi connectivity index (χ4n) is 5.93. The summed E-state index contributed by atoms with van der Waals surface area (Å²) in [5.41, 5.74) is 10.8. The molecule has 1 amide bonds. The minimum Gasteiger partial charge on any atom is -0.492 e. The van der Waals surface area contributed by atoms with Gasteiger partial charge in [-0.05, 0) is 81.8 Å². The summed E-state index contributed by atoms with van der Waals surface area (Å²) in [6.07, 6.45) is 7.82. The van der Waals surface area contributed by atoms with E-state index in [9.17, 15) is 10.1 Å². The standard InChI is InChI=1S/C34H41ClN6O3/c1-3-29-27(21-36)34(38-24-7-8-25(28(35)18-24)22-11-16-43-17-12-22)26-19-31(32(44-4-2)20-30(26)39-29)40-33(42)6-5-13-41-14-9-23(37)10-15-41/h5-8,18-20,22-23H,3-4,9-17,37H2,1-2H3,(H,38,39)(H,40,42)/b6-5+. The third-order valence-corrected chi connectivity index (χ3v) is 8.69. The fourth-order valence-corrected chi connectivity index (χ4v) is 6.26. The van der Waals surface area contributed by atoms with Crippen LogP contribution in [0.25, 0.3) is 10.9 Å². The lowest BCUT2D eigenvalue weighted by Gasteiger charge is -2.28. The third-order valence-electron chi connectivity index (χ3n) is 8.36. The molecule has 5 rings (SSSR count). The number of fused-ring (bicyclic) bond motifs is 1. The highest BCUT2D eigenvalue weighted by molar-refractivity contribution is 6.31. The Morgan fingerprint density at radius 2 is 1.98 bits per heavy atom. The number of aromatic nitrogens is 1. The molecule has 2 aliphatic heterocycles. The van der Waals surface area contributed by atoms with Crippen LogP contribution in [0, 0.1) is 11.3 Å². The van der Waals surface area contributed by atoms with E-state index >= 15 is 0 Å². The number of nitrogens with one attached hydrogen (secondary N) is 2. The molecule has 0 bridgehead atoms. The summed E-state index contributed by atoms with van der Waals surface area (Å²) in [5.74, 6) is 0.618. The Morgan fingerprint density at radius 1 is 1.20 bits per heavy atom. The van der Waals surface area contributed by atoms with Crippen LogP contribution in [0.5, 0.6) is 5.75 Å². The first-order chi connectivity index (χ1) is 21.4. The maximum atomic E-state index is 13.0. The SMILES string of the molecule is CCOc1cc2nc(CC)c(C#N)c(Nc3ccc(C4CCOCC4)c(Cl)c3)c2cc1NC(=O)/C=C/CN1CCC(N)CC1. The minimum absolute atomic E-state index is 0.261. The fraction of sp³-hybridized carbons (Fsp3) is 0.441. The van der Waals surface area contributed by atoms with Crippen LogP contribution in [0.1, 0.15) is 62.3 Å². The predicted molar refractivity (Wildman–Crippen MR) is 176 cm³/mol. The average molecular weight is 617 g/mol. The molecule has 3 aromatic rings. The summed E-state index contributed by atoms with van der Waals surface area (Å²) in [4.78, 5) is 20.1. The van der Waals surface area contributed by atoms with Crippen molar-refractivity contribution in [1.82, 2.24) is 9.88 Å². The Morgan fingerprint density at radius 3 is 2.66 bits per heavy atom. The van der Waals surface area contributed by atoms with E-state index < -0.39 is 0 Å². The van der Waals surface area contributed by atoms with E-state index in [1.54, 1.807) is 6.08 Å². The molecular formula is C34H41ClN6O3. The number of hydrogen-bond donors (Lipinski definition) is 3. The molecule has 3 heterocycles. The molecule has 1 aromatic heterocycles. The predicted octanol–water partition coefficient (Wildman–Crippen LogP) is 6.28. The molecule has 2 fully saturated rings. The largest absolute Gasteiger partial charge is 0.492 e. The molecule has 0 atom stereocenters. The van der Waals surface area contributed by atoms with E-state index in [2.05, 4.69) is 27.7 Å². The number of pyridine rings is 1. The van der Waals surface area contributed by atoms with Crippen LogP contribution in [0.15, 0.2) is 42.5 Å². The van der Waals surface area contributed by atoms with Crippen LogP contribution in [-0.2, 0) is 16.0 Å². The Hall–Kier alpha value is -3.68. The summed E-state index contributed by atoms with van der Waals surface area (Å²) in [5, 5.41) is 18.0. The molecule has 4 N–H and O–H groups in total. The Bertz CT molecular complexity index is 1560. The highest BCUT2D eigenvalue weighted by atomic mass is 35.5. The first kappa shape index (κ1) is 31.7. The number of likely N-dealkylation sites (tertiary alicyclic amines) is 1. The smallest absolute Gasteiger partial charge is 0.248 e. The number of nitrogens with zero attached hydrogens (tertiary/aromatic N) is 3. The van der Waals surface area contributed by atoms with Crippen molar-refractivity contribution in [2.45, 2.75) is 57.9 Å². The van der Waals surface area contributed by atoms with Gasteiger partial charge >= 0.3 is 0 Å². The van der Waals surface area contributed by atoms with Gasteiger partial charge in [0.05, 0.1) is 34.8 Å². The number of halogens is 1. The zero-order chi connectivity index (χ0) is 31.1. The van der Waals surface area contributed by atoms with Crippen molar-refractivity contribution < 1.29 is 14.3 Å². The maximum Gasteiger partial charge on any atom is 0.248 e. The van der Waals surface area contributed by atoms with E-state index in [0.29, 0.717) is 69.8 Å². The molecule has 232 valence electrons. The number of aryl methyl sites for hydroxylation is 1. The number of nitrogens with two attached hydrogens (primary N) is 1. The summed E-state index contributed by atoms with van der Waals surface area (Å²) in [6.45, 7) is 8.31. The summed E-state index contributed by atoms with van der Waals surface area (Å²) >= 11 is 6.78. The lowest BCUT2D eigenvalue weighted by molar-refractivity contribution is -0.111. The van der Waals surface area contributed by atoms with E-state index in [1.807, 2.05) is 44.2 Å². The quantitative estimate of drug-likeness (QED) is 0.227. The van der Waals surface area contributed by atoms with E-state index in [1.165, 1.54) is 0 Å². The summed E-state index contributed by atoms with van der Waals surface area (Å²) in [7, 11) is 0. The number of rotatable bonds is 10. The summed E-state index contributed by atoms with van der Waals surface area (Å²) in [6, 6.07) is 12.2. The topological polar surface area (TPSA) is 126 Å².